The lowest BCUT2D eigenvalue weighted by Gasteiger charge is -2.28. The SMILES string of the molecule is CON1CC(c2cc(N)ccc2Cl)=Cc2cnc(NCCN(C)C)nc21. The fourth-order valence-corrected chi connectivity index (χ4v) is 2.96. The van der Waals surface area contributed by atoms with Crippen molar-refractivity contribution in [2.45, 2.75) is 0 Å². The van der Waals surface area contributed by atoms with Gasteiger partial charge in [-0.2, -0.15) is 4.98 Å². The zero-order valence-electron chi connectivity index (χ0n) is 15.2. The molecule has 0 unspecified atom stereocenters. The Balaban J connectivity index is 1.91. The first-order chi connectivity index (χ1) is 12.5. The average molecular weight is 375 g/mol. The van der Waals surface area contributed by atoms with Crippen LogP contribution in [0.2, 0.25) is 5.02 Å². The first-order valence-corrected chi connectivity index (χ1v) is 8.69. The van der Waals surface area contributed by atoms with Gasteiger partial charge in [0.25, 0.3) is 0 Å². The normalized spacial score (nSPS) is 13.6. The Morgan fingerprint density at radius 3 is 2.92 bits per heavy atom. The van der Waals surface area contributed by atoms with Crippen molar-refractivity contribution in [3.8, 4) is 0 Å². The molecule has 26 heavy (non-hydrogen) atoms. The minimum absolute atomic E-state index is 0.515. The van der Waals surface area contributed by atoms with E-state index in [9.17, 15) is 0 Å². The van der Waals surface area contributed by atoms with Crippen LogP contribution in [-0.2, 0) is 4.84 Å². The monoisotopic (exact) mass is 374 g/mol. The number of fused-ring (bicyclic) bond motifs is 1. The van der Waals surface area contributed by atoms with E-state index in [-0.39, 0.29) is 0 Å². The van der Waals surface area contributed by atoms with Gasteiger partial charge >= 0.3 is 0 Å². The maximum Gasteiger partial charge on any atom is 0.224 e. The maximum atomic E-state index is 6.35. The van der Waals surface area contributed by atoms with E-state index in [1.807, 2.05) is 26.2 Å². The van der Waals surface area contributed by atoms with Crippen molar-refractivity contribution in [1.29, 1.82) is 0 Å². The molecule has 7 nitrogen and oxygen atoms in total. The highest BCUT2D eigenvalue weighted by molar-refractivity contribution is 6.32. The summed E-state index contributed by atoms with van der Waals surface area (Å²) < 4.78 is 0. The molecule has 3 N–H and O–H groups in total. The van der Waals surface area contributed by atoms with E-state index in [1.54, 1.807) is 30.5 Å². The number of benzene rings is 1. The predicted octanol–water partition coefficient (Wildman–Crippen LogP) is 2.61. The van der Waals surface area contributed by atoms with Crippen LogP contribution in [0.4, 0.5) is 17.5 Å². The third-order valence-corrected chi connectivity index (χ3v) is 4.40. The Kier molecular flexibility index (Phi) is 5.61. The number of nitrogens with two attached hydrogens (primary N) is 1. The number of hydrogen-bond acceptors (Lipinski definition) is 7. The number of anilines is 3. The molecule has 1 aromatic heterocycles. The number of hydrogen-bond donors (Lipinski definition) is 2. The number of rotatable bonds is 6. The summed E-state index contributed by atoms with van der Waals surface area (Å²) in [4.78, 5) is 16.6. The van der Waals surface area contributed by atoms with E-state index >= 15 is 0 Å². The number of nitrogen functional groups attached to an aromatic ring is 1. The van der Waals surface area contributed by atoms with Gasteiger partial charge in [0.2, 0.25) is 5.95 Å². The lowest BCUT2D eigenvalue weighted by atomic mass is 10.00. The van der Waals surface area contributed by atoms with Gasteiger partial charge in [-0.1, -0.05) is 11.6 Å². The number of aromatic nitrogens is 2. The van der Waals surface area contributed by atoms with Gasteiger partial charge < -0.3 is 16.0 Å². The van der Waals surface area contributed by atoms with Crippen molar-refractivity contribution in [3.05, 3.63) is 40.5 Å². The van der Waals surface area contributed by atoms with Crippen LogP contribution in [0.1, 0.15) is 11.1 Å². The first kappa shape index (κ1) is 18.4. The van der Waals surface area contributed by atoms with Crippen LogP contribution in [0.5, 0.6) is 0 Å². The molecule has 1 aliphatic heterocycles. The molecule has 0 aliphatic carbocycles. The van der Waals surface area contributed by atoms with Gasteiger partial charge in [0.05, 0.1) is 13.7 Å². The summed E-state index contributed by atoms with van der Waals surface area (Å²) in [6.45, 7) is 2.17. The molecule has 0 atom stereocenters. The molecule has 0 spiro atoms. The maximum absolute atomic E-state index is 6.35. The van der Waals surface area contributed by atoms with Crippen molar-refractivity contribution in [3.63, 3.8) is 0 Å². The topological polar surface area (TPSA) is 79.5 Å². The molecule has 3 rings (SSSR count). The van der Waals surface area contributed by atoms with Crippen molar-refractivity contribution in [2.24, 2.45) is 0 Å². The van der Waals surface area contributed by atoms with E-state index < -0.39 is 0 Å². The largest absolute Gasteiger partial charge is 0.399 e. The van der Waals surface area contributed by atoms with E-state index in [0.29, 0.717) is 23.2 Å². The molecule has 1 aliphatic rings. The predicted molar refractivity (Wildman–Crippen MR) is 107 cm³/mol. The van der Waals surface area contributed by atoms with Crippen LogP contribution in [0.25, 0.3) is 11.6 Å². The highest BCUT2D eigenvalue weighted by Crippen LogP contribution is 2.35. The van der Waals surface area contributed by atoms with Gasteiger partial charge in [0.1, 0.15) is 0 Å². The van der Waals surface area contributed by atoms with Crippen LogP contribution in [-0.4, -0.2) is 55.7 Å². The average Bonchev–Trinajstić information content (AvgIpc) is 2.62. The van der Waals surface area contributed by atoms with E-state index in [1.165, 1.54) is 0 Å². The van der Waals surface area contributed by atoms with Crippen LogP contribution in [0.15, 0.2) is 24.4 Å². The van der Waals surface area contributed by atoms with E-state index in [2.05, 4.69) is 20.2 Å². The molecule has 0 bridgehead atoms. The van der Waals surface area contributed by atoms with Crippen molar-refractivity contribution in [1.82, 2.24) is 14.9 Å². The van der Waals surface area contributed by atoms with Crippen molar-refractivity contribution < 1.29 is 4.84 Å². The lowest BCUT2D eigenvalue weighted by Crippen LogP contribution is -2.29. The van der Waals surface area contributed by atoms with Crippen molar-refractivity contribution in [2.75, 3.05) is 57.0 Å². The summed E-state index contributed by atoms with van der Waals surface area (Å²) in [6.07, 6.45) is 3.81. The van der Waals surface area contributed by atoms with Crippen LogP contribution >= 0.6 is 11.6 Å². The molecule has 0 radical (unpaired) electrons. The third kappa shape index (κ3) is 4.07. The molecule has 2 heterocycles. The van der Waals surface area contributed by atoms with Crippen LogP contribution in [0, 0.1) is 0 Å². The zero-order chi connectivity index (χ0) is 18.7. The molecular weight excluding hydrogens is 352 g/mol. The van der Waals surface area contributed by atoms with Crippen molar-refractivity contribution >= 4 is 40.7 Å². The summed E-state index contributed by atoms with van der Waals surface area (Å²) in [6, 6.07) is 5.45. The highest BCUT2D eigenvalue weighted by Gasteiger charge is 2.22. The Morgan fingerprint density at radius 1 is 1.38 bits per heavy atom. The summed E-state index contributed by atoms with van der Waals surface area (Å²) in [5.41, 5.74) is 9.32. The third-order valence-electron chi connectivity index (χ3n) is 4.07. The molecule has 2 aromatic rings. The minimum Gasteiger partial charge on any atom is -0.399 e. The standard InChI is InChI=1S/C18H23ClN6O/c1-24(2)7-6-21-18-22-10-12-8-13(11-25(26-3)17(12)23-18)15-9-14(20)4-5-16(15)19/h4-5,8-10H,6-7,11,20H2,1-3H3,(H,21,22,23). The minimum atomic E-state index is 0.515. The second-order valence-electron chi connectivity index (χ2n) is 6.33. The van der Waals surface area contributed by atoms with Gasteiger partial charge in [-0.05, 0) is 43.9 Å². The summed E-state index contributed by atoms with van der Waals surface area (Å²) in [7, 11) is 5.67. The Morgan fingerprint density at radius 2 is 2.19 bits per heavy atom. The van der Waals surface area contributed by atoms with Gasteiger partial charge in [-0.3, -0.25) is 4.84 Å². The summed E-state index contributed by atoms with van der Waals surface area (Å²) in [5.74, 6) is 1.30. The number of hydroxylamine groups is 1. The molecule has 8 heteroatoms. The summed E-state index contributed by atoms with van der Waals surface area (Å²) >= 11 is 6.35. The molecule has 1 aromatic carbocycles. The molecule has 0 saturated heterocycles. The quantitative estimate of drug-likeness (QED) is 0.752. The number of likely N-dealkylation sites (N-methyl/N-ethyl adjacent to an activating group) is 1. The van der Waals surface area contributed by atoms with Crippen LogP contribution < -0.4 is 16.1 Å². The second-order valence-corrected chi connectivity index (χ2v) is 6.74. The Hall–Kier alpha value is -2.35. The number of nitrogens with one attached hydrogen (secondary N) is 1. The van der Waals surface area contributed by atoms with Gasteiger partial charge in [-0.25, -0.2) is 10.0 Å². The zero-order valence-corrected chi connectivity index (χ0v) is 15.9. The number of nitrogens with zero attached hydrogens (tertiary/aromatic N) is 4. The van der Waals surface area contributed by atoms with Gasteiger partial charge in [0.15, 0.2) is 5.82 Å². The van der Waals surface area contributed by atoms with Gasteiger partial charge in [0, 0.05) is 41.1 Å². The Bertz CT molecular complexity index is 823. The molecule has 138 valence electrons. The second kappa shape index (κ2) is 7.90. The fourth-order valence-electron chi connectivity index (χ4n) is 2.73. The molecular formula is C18H23ClN6O. The number of halogens is 1. The Labute approximate surface area is 158 Å². The smallest absolute Gasteiger partial charge is 0.224 e. The molecule has 0 saturated carbocycles. The first-order valence-electron chi connectivity index (χ1n) is 8.31. The molecule has 0 amide bonds. The fraction of sp³-hybridized carbons (Fsp3) is 0.333. The van der Waals surface area contributed by atoms with E-state index in [0.717, 1.165) is 35.6 Å². The lowest BCUT2D eigenvalue weighted by molar-refractivity contribution is 0.173. The highest BCUT2D eigenvalue weighted by atomic mass is 35.5. The van der Waals surface area contributed by atoms with Crippen LogP contribution in [0.3, 0.4) is 0 Å². The summed E-state index contributed by atoms with van der Waals surface area (Å²) in [5, 5.41) is 5.60. The van der Waals surface area contributed by atoms with E-state index in [4.69, 9.17) is 22.2 Å². The van der Waals surface area contributed by atoms with Gasteiger partial charge in [-0.15, -0.1) is 0 Å². The molecule has 0 fully saturated rings.